The van der Waals surface area contributed by atoms with Crippen molar-refractivity contribution in [1.82, 2.24) is 30.0 Å². The number of nitrogens with zero attached hydrogens (tertiary/aromatic N) is 5. The van der Waals surface area contributed by atoms with Crippen LogP contribution in [0.1, 0.15) is 39.6 Å². The van der Waals surface area contributed by atoms with Crippen LogP contribution in [-0.4, -0.2) is 85.1 Å². The van der Waals surface area contributed by atoms with Crippen LogP contribution in [0.15, 0.2) is 200 Å². The lowest BCUT2D eigenvalue weighted by molar-refractivity contribution is -0.154. The van der Waals surface area contributed by atoms with Crippen LogP contribution >= 0.6 is 34.9 Å². The number of oxime groups is 1. The average Bonchev–Trinajstić information content (AvgIpc) is 3.91. The summed E-state index contributed by atoms with van der Waals surface area (Å²) in [4.78, 5) is 91.1. The van der Waals surface area contributed by atoms with E-state index in [1.807, 2.05) is 152 Å². The van der Waals surface area contributed by atoms with Crippen molar-refractivity contribution in [2.45, 2.75) is 34.8 Å². The van der Waals surface area contributed by atoms with E-state index < -0.39 is 58.1 Å². The SMILES string of the molecule is CO/N=C(/C(=O)NC1C(=O)N2C(C(=O)OC(c3ccccc3)c3ccccc3)=C(/C=C/Sc3n[nH]c(=O)c(=O)n3CCOC(N)=O)CSC12)c1csc(NC(c2ccccc2)(c2ccccc2)c2ccccc2)n1. The van der Waals surface area contributed by atoms with Crippen LogP contribution in [0.4, 0.5) is 9.93 Å². The molecule has 1 fully saturated rings. The monoisotopic (exact) mass is 1050 g/mol. The Hall–Kier alpha value is -8.53. The molecule has 21 heteroatoms. The number of thioether (sulfide) groups is 2. The fraction of sp³-hybridized carbons (Fsp3) is 0.151. The molecule has 5 N–H and O–H groups in total. The topological polar surface area (TPSA) is 242 Å². The van der Waals surface area contributed by atoms with E-state index in [4.69, 9.17) is 25.0 Å². The van der Waals surface area contributed by atoms with Crippen molar-refractivity contribution in [2.24, 2.45) is 10.9 Å². The number of esters is 1. The Morgan fingerprint density at radius 3 is 1.99 bits per heavy atom. The first-order valence-electron chi connectivity index (χ1n) is 22.8. The molecule has 74 heavy (non-hydrogen) atoms. The van der Waals surface area contributed by atoms with Crippen LogP contribution in [0.3, 0.4) is 0 Å². The summed E-state index contributed by atoms with van der Waals surface area (Å²) in [7, 11) is 1.30. The first-order chi connectivity index (χ1) is 36.1. The second-order valence-corrected chi connectivity index (χ2v) is 19.2. The predicted molar refractivity (Wildman–Crippen MR) is 281 cm³/mol. The van der Waals surface area contributed by atoms with E-state index in [0.717, 1.165) is 33.0 Å². The molecule has 5 aromatic carbocycles. The summed E-state index contributed by atoms with van der Waals surface area (Å²) < 4.78 is 12.1. The van der Waals surface area contributed by atoms with Crippen molar-refractivity contribution in [3.8, 4) is 0 Å². The summed E-state index contributed by atoms with van der Waals surface area (Å²) in [6.07, 6.45) is -0.361. The number of nitrogens with one attached hydrogen (secondary N) is 3. The van der Waals surface area contributed by atoms with E-state index in [-0.39, 0.29) is 41.2 Å². The first-order valence-corrected chi connectivity index (χ1v) is 25.6. The van der Waals surface area contributed by atoms with Crippen molar-refractivity contribution < 1.29 is 33.5 Å². The van der Waals surface area contributed by atoms with Crippen LogP contribution in [-0.2, 0) is 40.8 Å². The minimum Gasteiger partial charge on any atom is -0.448 e. The van der Waals surface area contributed by atoms with Gasteiger partial charge in [-0.2, -0.15) is 0 Å². The molecule has 0 spiro atoms. The highest BCUT2D eigenvalue weighted by atomic mass is 32.2. The lowest BCUT2D eigenvalue weighted by Gasteiger charge is -2.49. The lowest BCUT2D eigenvalue weighted by atomic mass is 9.77. The van der Waals surface area contributed by atoms with Crippen LogP contribution in [0, 0.1) is 0 Å². The van der Waals surface area contributed by atoms with Gasteiger partial charge in [-0.15, -0.1) is 28.2 Å². The number of carbonyl (C=O) groups excluding carboxylic acids is 4. The minimum atomic E-state index is -1.11. The van der Waals surface area contributed by atoms with E-state index in [0.29, 0.717) is 21.8 Å². The van der Waals surface area contributed by atoms with Crippen LogP contribution in [0.5, 0.6) is 0 Å². The number of β-lactam (4-membered cyclic amide) rings is 1. The van der Waals surface area contributed by atoms with Crippen molar-refractivity contribution in [2.75, 3.05) is 24.8 Å². The Balaban J connectivity index is 1.000. The number of allylic oxidation sites excluding steroid dienone is 1. The largest absolute Gasteiger partial charge is 0.448 e. The van der Waals surface area contributed by atoms with Gasteiger partial charge in [-0.1, -0.05) is 169 Å². The molecule has 0 radical (unpaired) electrons. The Kier molecular flexibility index (Phi) is 15.6. The van der Waals surface area contributed by atoms with Gasteiger partial charge in [0.25, 0.3) is 11.8 Å². The molecule has 4 heterocycles. The molecule has 374 valence electrons. The quantitative estimate of drug-likeness (QED) is 0.0128. The van der Waals surface area contributed by atoms with E-state index in [9.17, 15) is 28.8 Å². The molecular formula is C53H45N9O9S3. The Labute approximate surface area is 435 Å². The standard InChI is InChI=1S/C53H45N9O9S3/c1-69-60-40(39-32-74-51(55-39)57-53(36-21-11-4-12-22-36,37-23-13-5-14-24-37)38-25-15-6-16-26-38)44(63)56-41-46(65)62-42(49(67)71-43(33-17-7-2-8-18-33)34-19-9-3-10-20-34)35(31-73-48(41)62)27-30-72-52-59-58-45(64)47(66)61(52)28-29-70-50(54)68/h2-27,30,32,41,43,48H,28-29,31H2,1H3,(H2,54,68)(H,55,57)(H,56,63)(H,58,64)/b30-27+,60-40+. The van der Waals surface area contributed by atoms with Crippen LogP contribution in [0.25, 0.3) is 0 Å². The van der Waals surface area contributed by atoms with E-state index in [1.54, 1.807) is 11.5 Å². The zero-order valence-electron chi connectivity index (χ0n) is 39.2. The number of nitrogens with two attached hydrogens (primary N) is 1. The van der Waals surface area contributed by atoms with Gasteiger partial charge in [0.1, 0.15) is 42.1 Å². The summed E-state index contributed by atoms with van der Waals surface area (Å²) >= 11 is 3.47. The number of hydrogen-bond acceptors (Lipinski definition) is 16. The molecular weight excluding hydrogens is 1000 g/mol. The van der Waals surface area contributed by atoms with Crippen molar-refractivity contribution in [3.05, 3.63) is 234 Å². The van der Waals surface area contributed by atoms with Crippen LogP contribution in [0.2, 0.25) is 0 Å². The molecule has 0 bridgehead atoms. The molecule has 3 amide bonds. The molecule has 18 nitrogen and oxygen atoms in total. The Morgan fingerprint density at radius 1 is 0.865 bits per heavy atom. The normalized spacial score (nSPS) is 15.6. The van der Waals surface area contributed by atoms with Gasteiger partial charge >= 0.3 is 23.2 Å². The molecule has 9 rings (SSSR count). The molecule has 2 unspecified atom stereocenters. The number of amides is 3. The highest BCUT2D eigenvalue weighted by molar-refractivity contribution is 8.02. The second-order valence-electron chi connectivity index (χ2n) is 16.4. The third-order valence-electron chi connectivity index (χ3n) is 11.9. The van der Waals surface area contributed by atoms with Gasteiger partial charge in [-0.3, -0.25) is 28.6 Å². The van der Waals surface area contributed by atoms with E-state index in [2.05, 4.69) is 26.0 Å². The number of benzene rings is 5. The highest BCUT2D eigenvalue weighted by Gasteiger charge is 2.55. The van der Waals surface area contributed by atoms with Gasteiger partial charge in [0.2, 0.25) is 0 Å². The molecule has 2 aliphatic heterocycles. The van der Waals surface area contributed by atoms with Gasteiger partial charge in [0.15, 0.2) is 22.1 Å². The predicted octanol–water partition coefficient (Wildman–Crippen LogP) is 6.53. The van der Waals surface area contributed by atoms with Gasteiger partial charge in [-0.25, -0.2) is 19.7 Å². The third kappa shape index (κ3) is 10.7. The number of primary amides is 1. The maximum atomic E-state index is 14.7. The smallest absolute Gasteiger partial charge is 0.404 e. The zero-order valence-corrected chi connectivity index (χ0v) is 41.7. The lowest BCUT2D eigenvalue weighted by Crippen LogP contribution is -2.71. The molecule has 1 saturated heterocycles. The minimum absolute atomic E-state index is 0.0282. The van der Waals surface area contributed by atoms with Crippen molar-refractivity contribution >= 4 is 69.6 Å². The van der Waals surface area contributed by atoms with Gasteiger partial charge in [0, 0.05) is 11.1 Å². The number of anilines is 1. The number of aromatic nitrogens is 4. The fourth-order valence-electron chi connectivity index (χ4n) is 8.51. The van der Waals surface area contributed by atoms with Gasteiger partial charge < -0.3 is 30.7 Å². The summed E-state index contributed by atoms with van der Waals surface area (Å²) in [6.45, 7) is -0.535. The summed E-state index contributed by atoms with van der Waals surface area (Å²) in [5.41, 5.74) is 6.73. The fourth-order valence-corrected chi connectivity index (χ4v) is 11.3. The maximum Gasteiger partial charge on any atom is 0.404 e. The Morgan fingerprint density at radius 2 is 1.43 bits per heavy atom. The number of fused-ring (bicyclic) bond motifs is 1. The van der Waals surface area contributed by atoms with Crippen LogP contribution < -0.4 is 27.5 Å². The average molecular weight is 1050 g/mol. The second kappa shape index (κ2) is 22.9. The molecule has 2 atom stereocenters. The number of carbonyl (C=O) groups is 4. The molecule has 2 aliphatic rings. The number of aromatic amines is 1. The number of H-pyrrole nitrogens is 1. The van der Waals surface area contributed by atoms with Gasteiger partial charge in [-0.05, 0) is 44.9 Å². The highest BCUT2D eigenvalue weighted by Crippen LogP contribution is 2.43. The maximum absolute atomic E-state index is 14.7. The summed E-state index contributed by atoms with van der Waals surface area (Å²) in [5, 5.41) is 19.7. The summed E-state index contributed by atoms with van der Waals surface area (Å²) in [5.74, 6) is -2.00. The molecule has 2 aromatic heterocycles. The zero-order chi connectivity index (χ0) is 51.6. The first kappa shape index (κ1) is 50.4. The number of hydrogen-bond donors (Lipinski definition) is 4. The number of rotatable bonds is 19. The van der Waals surface area contributed by atoms with Gasteiger partial charge in [0.05, 0.1) is 6.54 Å². The van der Waals surface area contributed by atoms with Crippen molar-refractivity contribution in [1.29, 1.82) is 0 Å². The third-order valence-corrected chi connectivity index (χ3v) is 14.7. The van der Waals surface area contributed by atoms with Crippen molar-refractivity contribution in [3.63, 3.8) is 0 Å². The number of ether oxygens (including phenoxy) is 2. The Bertz CT molecular complexity index is 3240. The molecule has 7 aromatic rings. The molecule has 0 saturated carbocycles. The molecule has 0 aliphatic carbocycles. The van der Waals surface area contributed by atoms with E-state index >= 15 is 0 Å². The summed E-state index contributed by atoms with van der Waals surface area (Å²) in [6, 6.07) is 47.1. The number of thiazole rings is 1. The van der Waals surface area contributed by atoms with E-state index in [1.165, 1.54) is 40.5 Å².